The topological polar surface area (TPSA) is 17.1 Å². The van der Waals surface area contributed by atoms with Crippen molar-refractivity contribution in [2.24, 2.45) is 0 Å². The van der Waals surface area contributed by atoms with E-state index >= 15 is 0 Å². The predicted octanol–water partition coefficient (Wildman–Crippen LogP) is 3.07. The molecule has 1 aliphatic carbocycles. The van der Waals surface area contributed by atoms with Crippen LogP contribution in [0.5, 0.6) is 0 Å². The van der Waals surface area contributed by atoms with Crippen molar-refractivity contribution in [3.63, 3.8) is 0 Å². The first-order valence-electron chi connectivity index (χ1n) is 4.94. The third-order valence-corrected chi connectivity index (χ3v) is 4.33. The summed E-state index contributed by atoms with van der Waals surface area (Å²) in [4.78, 5) is 10.8. The van der Waals surface area contributed by atoms with Gasteiger partial charge in [0.05, 0.1) is 4.83 Å². The zero-order valence-electron chi connectivity index (χ0n) is 7.95. The summed E-state index contributed by atoms with van der Waals surface area (Å²) in [6, 6.07) is 10.3. The lowest BCUT2D eigenvalue weighted by molar-refractivity contribution is -0.108. The molecule has 0 radical (unpaired) electrons. The highest BCUT2D eigenvalue weighted by Gasteiger charge is 2.44. The van der Waals surface area contributed by atoms with Crippen molar-refractivity contribution in [1.29, 1.82) is 0 Å². The summed E-state index contributed by atoms with van der Waals surface area (Å²) in [7, 11) is 0. The Morgan fingerprint density at radius 2 is 1.93 bits per heavy atom. The molecule has 14 heavy (non-hydrogen) atoms. The van der Waals surface area contributed by atoms with Crippen molar-refractivity contribution in [3.05, 3.63) is 35.9 Å². The number of alkyl halides is 1. The van der Waals surface area contributed by atoms with Crippen molar-refractivity contribution in [1.82, 2.24) is 0 Å². The van der Waals surface area contributed by atoms with E-state index < -0.39 is 0 Å². The van der Waals surface area contributed by atoms with Gasteiger partial charge >= 0.3 is 0 Å². The predicted molar refractivity (Wildman–Crippen MR) is 60.8 cm³/mol. The highest BCUT2D eigenvalue weighted by molar-refractivity contribution is 9.10. The molecule has 1 aromatic carbocycles. The van der Waals surface area contributed by atoms with E-state index in [9.17, 15) is 4.79 Å². The lowest BCUT2D eigenvalue weighted by atomic mass is 9.63. The Kier molecular flexibility index (Phi) is 2.73. The Morgan fingerprint density at radius 3 is 2.36 bits per heavy atom. The highest BCUT2D eigenvalue weighted by atomic mass is 79.9. The summed E-state index contributed by atoms with van der Waals surface area (Å²) < 4.78 is 0. The van der Waals surface area contributed by atoms with Crippen molar-refractivity contribution in [3.8, 4) is 0 Å². The van der Waals surface area contributed by atoms with Crippen molar-refractivity contribution < 1.29 is 4.79 Å². The van der Waals surface area contributed by atoms with Crippen molar-refractivity contribution >= 4 is 22.2 Å². The maximum Gasteiger partial charge on any atom is 0.134 e. The minimum absolute atomic E-state index is 0.0360. The molecule has 0 aliphatic heterocycles. The lowest BCUT2D eigenvalue weighted by Gasteiger charge is -2.44. The van der Waals surface area contributed by atoms with Crippen LogP contribution in [0, 0.1) is 0 Å². The molecular weight excluding hydrogens is 240 g/mol. The van der Waals surface area contributed by atoms with Gasteiger partial charge in [0.2, 0.25) is 0 Å². The number of carbonyl (C=O) groups excluding carboxylic acids is 1. The first kappa shape index (κ1) is 9.91. The molecule has 2 rings (SSSR count). The lowest BCUT2D eigenvalue weighted by Crippen LogP contribution is -2.43. The fourth-order valence-electron chi connectivity index (χ4n) is 2.18. The first-order valence-corrected chi connectivity index (χ1v) is 5.86. The number of carbonyl (C=O) groups is 1. The van der Waals surface area contributed by atoms with Gasteiger partial charge in [0.1, 0.15) is 6.29 Å². The third-order valence-electron chi connectivity index (χ3n) is 3.24. The number of hydrogen-bond donors (Lipinski definition) is 0. The molecule has 0 aromatic heterocycles. The SMILES string of the molecule is O=CC(Br)C1(c2ccccc2)CCC1. The van der Waals surface area contributed by atoms with Crippen LogP contribution in [0.25, 0.3) is 0 Å². The van der Waals surface area contributed by atoms with Crippen molar-refractivity contribution in [2.75, 3.05) is 0 Å². The van der Waals surface area contributed by atoms with Gasteiger partial charge in [-0.3, -0.25) is 0 Å². The van der Waals surface area contributed by atoms with Gasteiger partial charge in [0.15, 0.2) is 0 Å². The fraction of sp³-hybridized carbons (Fsp3) is 0.417. The summed E-state index contributed by atoms with van der Waals surface area (Å²) in [5.74, 6) is 0. The van der Waals surface area contributed by atoms with E-state index in [0.717, 1.165) is 19.1 Å². The van der Waals surface area contributed by atoms with Gasteiger partial charge in [0.25, 0.3) is 0 Å². The minimum Gasteiger partial charge on any atom is -0.302 e. The monoisotopic (exact) mass is 252 g/mol. The van der Waals surface area contributed by atoms with Gasteiger partial charge in [-0.05, 0) is 18.4 Å². The molecule has 0 bridgehead atoms. The Labute approximate surface area is 92.6 Å². The van der Waals surface area contributed by atoms with E-state index in [1.54, 1.807) is 0 Å². The van der Waals surface area contributed by atoms with Crippen molar-refractivity contribution in [2.45, 2.75) is 29.5 Å². The molecule has 1 aromatic rings. The molecule has 74 valence electrons. The van der Waals surface area contributed by atoms with Gasteiger partial charge in [-0.1, -0.05) is 52.7 Å². The van der Waals surface area contributed by atoms with Crippen LogP contribution < -0.4 is 0 Å². The Bertz CT molecular complexity index is 316. The van der Waals surface area contributed by atoms with E-state index in [2.05, 4.69) is 28.1 Å². The van der Waals surface area contributed by atoms with Crippen LogP contribution in [-0.2, 0) is 10.2 Å². The molecular formula is C12H13BrO. The quantitative estimate of drug-likeness (QED) is 0.597. The van der Waals surface area contributed by atoms with Gasteiger partial charge in [-0.25, -0.2) is 0 Å². The second-order valence-corrected chi connectivity index (χ2v) is 4.90. The fourth-order valence-corrected chi connectivity index (χ4v) is 2.90. The standard InChI is InChI=1S/C12H13BrO/c13-11(9-14)12(7-4-8-12)10-5-2-1-3-6-10/h1-3,5-6,9,11H,4,7-8H2. The minimum atomic E-state index is -0.0360. The van der Waals surface area contributed by atoms with Gasteiger partial charge in [-0.15, -0.1) is 0 Å². The molecule has 1 atom stereocenters. The summed E-state index contributed by atoms with van der Waals surface area (Å²) >= 11 is 3.48. The number of aldehydes is 1. The Hall–Kier alpha value is -0.630. The third kappa shape index (κ3) is 1.42. The van der Waals surface area contributed by atoms with Crippen LogP contribution in [0.2, 0.25) is 0 Å². The molecule has 0 saturated heterocycles. The van der Waals surface area contributed by atoms with Gasteiger partial charge in [0, 0.05) is 5.41 Å². The molecule has 0 amide bonds. The van der Waals surface area contributed by atoms with E-state index in [1.807, 2.05) is 18.2 Å². The maximum absolute atomic E-state index is 10.9. The van der Waals surface area contributed by atoms with Crippen LogP contribution in [0.3, 0.4) is 0 Å². The summed E-state index contributed by atoms with van der Waals surface area (Å²) in [6.07, 6.45) is 4.48. The molecule has 1 unspecified atom stereocenters. The van der Waals surface area contributed by atoms with E-state index in [0.29, 0.717) is 0 Å². The van der Waals surface area contributed by atoms with Crippen LogP contribution in [0.4, 0.5) is 0 Å². The first-order chi connectivity index (χ1) is 6.79. The summed E-state index contributed by atoms with van der Waals surface area (Å²) in [6.45, 7) is 0. The zero-order chi connectivity index (χ0) is 10.0. The highest BCUT2D eigenvalue weighted by Crippen LogP contribution is 2.48. The number of benzene rings is 1. The smallest absolute Gasteiger partial charge is 0.134 e. The summed E-state index contributed by atoms with van der Waals surface area (Å²) in [5.41, 5.74) is 1.36. The van der Waals surface area contributed by atoms with Crippen LogP contribution in [-0.4, -0.2) is 11.1 Å². The second-order valence-electron chi connectivity index (χ2n) is 3.91. The molecule has 1 fully saturated rings. The largest absolute Gasteiger partial charge is 0.302 e. The van der Waals surface area contributed by atoms with E-state index in [-0.39, 0.29) is 10.2 Å². The molecule has 0 spiro atoms. The second kappa shape index (κ2) is 3.85. The Balaban J connectivity index is 2.33. The van der Waals surface area contributed by atoms with E-state index in [1.165, 1.54) is 12.0 Å². The molecule has 1 nitrogen and oxygen atoms in total. The van der Waals surface area contributed by atoms with Crippen LogP contribution in [0.1, 0.15) is 24.8 Å². The molecule has 2 heteroatoms. The molecule has 1 saturated carbocycles. The molecule has 1 aliphatic rings. The number of rotatable bonds is 3. The molecule has 0 N–H and O–H groups in total. The average Bonchev–Trinajstić information content (AvgIpc) is 2.17. The zero-order valence-corrected chi connectivity index (χ0v) is 9.53. The number of hydrogen-bond acceptors (Lipinski definition) is 1. The number of halogens is 1. The normalized spacial score (nSPS) is 20.9. The Morgan fingerprint density at radius 1 is 1.29 bits per heavy atom. The van der Waals surface area contributed by atoms with Gasteiger partial charge in [-0.2, -0.15) is 0 Å². The van der Waals surface area contributed by atoms with Crippen LogP contribution >= 0.6 is 15.9 Å². The summed E-state index contributed by atoms with van der Waals surface area (Å²) in [5, 5.41) is 0. The van der Waals surface area contributed by atoms with Gasteiger partial charge < -0.3 is 4.79 Å². The molecule has 0 heterocycles. The van der Waals surface area contributed by atoms with E-state index in [4.69, 9.17) is 0 Å². The average molecular weight is 253 g/mol. The van der Waals surface area contributed by atoms with Crippen LogP contribution in [0.15, 0.2) is 30.3 Å². The maximum atomic E-state index is 10.9.